The number of hydrogen-bond donors (Lipinski definition) is 2. The van der Waals surface area contributed by atoms with Crippen LogP contribution in [0.3, 0.4) is 0 Å². The molecule has 0 amide bonds. The van der Waals surface area contributed by atoms with E-state index in [2.05, 4.69) is 39.3 Å². The maximum absolute atomic E-state index is 11.3. The first-order valence-electron chi connectivity index (χ1n) is 6.50. The van der Waals surface area contributed by atoms with E-state index < -0.39 is 28.1 Å². The number of rotatable bonds is 7. The molecule has 110 valence electrons. The van der Waals surface area contributed by atoms with Crippen LogP contribution in [0.2, 0.25) is 51.4 Å². The molecule has 0 bridgehead atoms. The number of carboxylic acids is 2. The van der Waals surface area contributed by atoms with E-state index in [9.17, 15) is 14.7 Å². The van der Waals surface area contributed by atoms with E-state index in [4.69, 9.17) is 5.11 Å². The van der Waals surface area contributed by atoms with Crippen LogP contribution < -0.4 is 0 Å². The topological polar surface area (TPSA) is 74.6 Å². The van der Waals surface area contributed by atoms with Gasteiger partial charge in [-0.05, 0) is 5.92 Å². The summed E-state index contributed by atoms with van der Waals surface area (Å²) in [6.45, 7) is 13.1. The molecule has 0 saturated carbocycles. The Morgan fingerprint density at radius 2 is 1.32 bits per heavy atom. The van der Waals surface area contributed by atoms with Crippen molar-refractivity contribution in [3.63, 3.8) is 0 Å². The molecule has 19 heavy (non-hydrogen) atoms. The minimum Gasteiger partial charge on any atom is -0.478 e. The van der Waals surface area contributed by atoms with E-state index in [1.54, 1.807) is 0 Å². The van der Waals surface area contributed by atoms with Gasteiger partial charge in [0.2, 0.25) is 0 Å². The van der Waals surface area contributed by atoms with Gasteiger partial charge in [-0.25, -0.2) is 9.59 Å². The summed E-state index contributed by atoms with van der Waals surface area (Å²) in [5.74, 6) is -2.40. The SMILES string of the molecule is C[Si](C)(C)CC(C[Si](C)(C)C)C(=CC(=O)O)C(=O)O. The summed E-state index contributed by atoms with van der Waals surface area (Å²) in [7, 11) is -2.91. The minimum atomic E-state index is -1.45. The molecule has 0 aliphatic rings. The summed E-state index contributed by atoms with van der Waals surface area (Å²) in [5, 5.41) is 18.1. The lowest BCUT2D eigenvalue weighted by atomic mass is 10.0. The summed E-state index contributed by atoms with van der Waals surface area (Å²) >= 11 is 0. The monoisotopic (exact) mass is 302 g/mol. The van der Waals surface area contributed by atoms with Crippen molar-refractivity contribution in [2.45, 2.75) is 51.4 Å². The predicted octanol–water partition coefficient (Wildman–Crippen LogP) is 3.37. The number of aliphatic carboxylic acids is 2. The van der Waals surface area contributed by atoms with Gasteiger partial charge in [0.05, 0.1) is 0 Å². The first-order chi connectivity index (χ1) is 8.32. The van der Waals surface area contributed by atoms with Crippen LogP contribution >= 0.6 is 0 Å². The van der Waals surface area contributed by atoms with Gasteiger partial charge < -0.3 is 10.2 Å². The second-order valence-corrected chi connectivity index (χ2v) is 18.5. The zero-order valence-corrected chi connectivity index (χ0v) is 14.8. The molecular formula is C13H26O4Si2. The molecule has 4 nitrogen and oxygen atoms in total. The lowest BCUT2D eigenvalue weighted by Gasteiger charge is -2.29. The maximum Gasteiger partial charge on any atom is 0.332 e. The van der Waals surface area contributed by atoms with Crippen molar-refractivity contribution in [2.75, 3.05) is 0 Å². The van der Waals surface area contributed by atoms with Crippen molar-refractivity contribution >= 4 is 28.1 Å². The highest BCUT2D eigenvalue weighted by atomic mass is 28.3. The second-order valence-electron chi connectivity index (χ2n) is 7.47. The molecule has 0 aromatic carbocycles. The largest absolute Gasteiger partial charge is 0.478 e. The fourth-order valence-corrected chi connectivity index (χ4v) is 6.23. The zero-order valence-electron chi connectivity index (χ0n) is 12.8. The van der Waals surface area contributed by atoms with Gasteiger partial charge in [-0.15, -0.1) is 0 Å². The predicted molar refractivity (Wildman–Crippen MR) is 83.2 cm³/mol. The van der Waals surface area contributed by atoms with E-state index in [0.29, 0.717) is 0 Å². The van der Waals surface area contributed by atoms with Crippen molar-refractivity contribution in [3.05, 3.63) is 11.6 Å². The van der Waals surface area contributed by atoms with Crippen LogP contribution in [-0.2, 0) is 9.59 Å². The van der Waals surface area contributed by atoms with Crippen LogP contribution in [0.4, 0.5) is 0 Å². The average molecular weight is 303 g/mol. The normalized spacial score (nSPS) is 13.7. The van der Waals surface area contributed by atoms with Crippen LogP contribution in [0.1, 0.15) is 0 Å². The number of carboxylic acid groups (broad SMARTS) is 2. The van der Waals surface area contributed by atoms with E-state index in [0.717, 1.165) is 18.2 Å². The van der Waals surface area contributed by atoms with E-state index in [1.165, 1.54) is 0 Å². The van der Waals surface area contributed by atoms with Gasteiger partial charge in [0.15, 0.2) is 0 Å². The molecule has 0 aliphatic heterocycles. The Kier molecular flexibility index (Phi) is 6.21. The molecule has 0 spiro atoms. The Labute approximate surface area is 117 Å². The maximum atomic E-state index is 11.3. The van der Waals surface area contributed by atoms with Gasteiger partial charge in [0, 0.05) is 27.8 Å². The van der Waals surface area contributed by atoms with Gasteiger partial charge in [-0.2, -0.15) is 0 Å². The molecule has 0 rings (SSSR count). The first-order valence-corrected chi connectivity index (χ1v) is 13.9. The summed E-state index contributed by atoms with van der Waals surface area (Å²) in [5.41, 5.74) is 0.0670. The second kappa shape index (κ2) is 6.52. The number of hydrogen-bond acceptors (Lipinski definition) is 2. The third-order valence-corrected chi connectivity index (χ3v) is 6.12. The van der Waals surface area contributed by atoms with Crippen LogP contribution in [0.25, 0.3) is 0 Å². The first kappa shape index (κ1) is 18.1. The lowest BCUT2D eigenvalue weighted by Crippen LogP contribution is -2.32. The molecule has 0 unspecified atom stereocenters. The van der Waals surface area contributed by atoms with Crippen LogP contribution in [0.15, 0.2) is 11.6 Å². The molecule has 2 N–H and O–H groups in total. The Bertz CT molecular complexity index is 359. The molecule has 0 radical (unpaired) electrons. The summed E-state index contributed by atoms with van der Waals surface area (Å²) in [4.78, 5) is 22.2. The van der Waals surface area contributed by atoms with Crippen LogP contribution in [0, 0.1) is 5.92 Å². The van der Waals surface area contributed by atoms with Crippen molar-refractivity contribution in [3.8, 4) is 0 Å². The van der Waals surface area contributed by atoms with E-state index in [1.807, 2.05) is 0 Å². The third-order valence-electron chi connectivity index (χ3n) is 2.68. The fraction of sp³-hybridized carbons (Fsp3) is 0.692. The molecule has 0 fully saturated rings. The Morgan fingerprint density at radius 3 is 1.53 bits per heavy atom. The number of carbonyl (C=O) groups is 2. The van der Waals surface area contributed by atoms with Gasteiger partial charge in [0.1, 0.15) is 0 Å². The quantitative estimate of drug-likeness (QED) is 0.558. The van der Waals surface area contributed by atoms with Crippen LogP contribution in [0.5, 0.6) is 0 Å². The van der Waals surface area contributed by atoms with Crippen molar-refractivity contribution in [1.82, 2.24) is 0 Å². The highest BCUT2D eigenvalue weighted by molar-refractivity contribution is 6.77. The molecule has 0 aromatic heterocycles. The third kappa shape index (κ3) is 8.77. The van der Waals surface area contributed by atoms with E-state index in [-0.39, 0.29) is 11.5 Å². The van der Waals surface area contributed by atoms with Gasteiger partial charge in [0.25, 0.3) is 0 Å². The Hall–Kier alpha value is -0.886. The Morgan fingerprint density at radius 1 is 0.947 bits per heavy atom. The van der Waals surface area contributed by atoms with Crippen molar-refractivity contribution < 1.29 is 19.8 Å². The van der Waals surface area contributed by atoms with Gasteiger partial charge in [-0.3, -0.25) is 0 Å². The molecule has 0 saturated heterocycles. The fourth-order valence-electron chi connectivity index (χ4n) is 2.26. The molecule has 0 heterocycles. The van der Waals surface area contributed by atoms with Crippen LogP contribution in [-0.4, -0.2) is 38.3 Å². The Balaban J connectivity index is 5.41. The van der Waals surface area contributed by atoms with Gasteiger partial charge >= 0.3 is 11.9 Å². The van der Waals surface area contributed by atoms with Crippen molar-refractivity contribution in [1.29, 1.82) is 0 Å². The summed E-state index contributed by atoms with van der Waals surface area (Å²) < 4.78 is 0. The zero-order chi connectivity index (χ0) is 15.4. The van der Waals surface area contributed by atoms with Crippen molar-refractivity contribution in [2.24, 2.45) is 5.92 Å². The summed E-state index contributed by atoms with van der Waals surface area (Å²) in [6, 6.07) is 1.64. The lowest BCUT2D eigenvalue weighted by molar-refractivity contribution is -0.135. The molecule has 0 aromatic rings. The highest BCUT2D eigenvalue weighted by Crippen LogP contribution is 2.31. The standard InChI is InChI=1S/C13H26O4Si2/c1-18(2,3)8-10(9-19(4,5)6)11(13(16)17)7-12(14)15/h7,10H,8-9H2,1-6H3,(H,14,15)(H,16,17). The summed E-state index contributed by atoms with van der Waals surface area (Å²) in [6.07, 6.45) is 0.882. The molecule has 6 heteroatoms. The molecule has 0 aliphatic carbocycles. The van der Waals surface area contributed by atoms with Gasteiger partial charge in [-0.1, -0.05) is 51.4 Å². The highest BCUT2D eigenvalue weighted by Gasteiger charge is 2.31. The smallest absolute Gasteiger partial charge is 0.332 e. The minimum absolute atomic E-state index is 0.0670. The van der Waals surface area contributed by atoms with E-state index >= 15 is 0 Å². The molecular weight excluding hydrogens is 276 g/mol. The molecule has 0 atom stereocenters. The average Bonchev–Trinajstić information content (AvgIpc) is 2.07.